The Balaban J connectivity index is 0.00000128. The molecule has 0 amide bonds. The maximum Gasteiger partial charge on any atom is 0.159 e. The van der Waals surface area contributed by atoms with Crippen LogP contribution in [0.5, 0.6) is 0 Å². The fourth-order valence-electron chi connectivity index (χ4n) is 1.90. The summed E-state index contributed by atoms with van der Waals surface area (Å²) < 4.78 is 25.6. The lowest BCUT2D eigenvalue weighted by atomic mass is 10.2. The lowest BCUT2D eigenvalue weighted by molar-refractivity contribution is 0.326. The first-order valence-electron chi connectivity index (χ1n) is 5.07. The highest BCUT2D eigenvalue weighted by Crippen LogP contribution is 2.14. The summed E-state index contributed by atoms with van der Waals surface area (Å²) in [5.41, 5.74) is 6.55. The van der Waals surface area contributed by atoms with Gasteiger partial charge in [-0.25, -0.2) is 8.78 Å². The standard InChI is InChI=1S/C11H14F2N2.2ClH/c12-10-2-1-8(5-11(10)13)6-15-4-3-9(14)7-15;;/h1-2,5,9H,3-4,6-7,14H2;2*1H/t9-;;/m1../s1. The van der Waals surface area contributed by atoms with Crippen molar-refractivity contribution in [3.05, 3.63) is 35.4 Å². The molecule has 0 unspecified atom stereocenters. The Bertz CT molecular complexity index is 363. The maximum atomic E-state index is 12.9. The van der Waals surface area contributed by atoms with Crippen LogP contribution in [0.2, 0.25) is 0 Å². The van der Waals surface area contributed by atoms with Crippen molar-refractivity contribution in [2.24, 2.45) is 5.73 Å². The summed E-state index contributed by atoms with van der Waals surface area (Å²) in [7, 11) is 0. The van der Waals surface area contributed by atoms with Crippen molar-refractivity contribution in [1.29, 1.82) is 0 Å². The smallest absolute Gasteiger partial charge is 0.159 e. The number of hydrogen-bond donors (Lipinski definition) is 1. The molecule has 0 radical (unpaired) electrons. The van der Waals surface area contributed by atoms with Gasteiger partial charge in [-0.2, -0.15) is 0 Å². The van der Waals surface area contributed by atoms with Crippen molar-refractivity contribution in [2.45, 2.75) is 19.0 Å². The van der Waals surface area contributed by atoms with Crippen LogP contribution in [0.15, 0.2) is 18.2 Å². The summed E-state index contributed by atoms with van der Waals surface area (Å²) in [6.45, 7) is 2.41. The quantitative estimate of drug-likeness (QED) is 0.903. The molecule has 2 rings (SSSR count). The van der Waals surface area contributed by atoms with E-state index >= 15 is 0 Å². The number of halogens is 4. The molecule has 1 heterocycles. The van der Waals surface area contributed by atoms with Gasteiger partial charge in [0.2, 0.25) is 0 Å². The summed E-state index contributed by atoms with van der Waals surface area (Å²) in [5, 5.41) is 0. The molecule has 1 aliphatic heterocycles. The van der Waals surface area contributed by atoms with Gasteiger partial charge in [0.25, 0.3) is 0 Å². The van der Waals surface area contributed by atoms with Gasteiger partial charge in [0, 0.05) is 25.7 Å². The zero-order valence-electron chi connectivity index (χ0n) is 9.23. The predicted octanol–water partition coefficient (Wildman–Crippen LogP) is 2.34. The van der Waals surface area contributed by atoms with Gasteiger partial charge < -0.3 is 5.73 Å². The van der Waals surface area contributed by atoms with Gasteiger partial charge in [-0.15, -0.1) is 24.8 Å². The van der Waals surface area contributed by atoms with Crippen molar-refractivity contribution in [3.8, 4) is 0 Å². The first-order chi connectivity index (χ1) is 7.15. The van der Waals surface area contributed by atoms with Gasteiger partial charge in [-0.1, -0.05) is 6.07 Å². The normalized spacial score (nSPS) is 19.6. The molecule has 1 atom stereocenters. The predicted molar refractivity (Wildman–Crippen MR) is 68.7 cm³/mol. The molecule has 1 aliphatic rings. The first-order valence-corrected chi connectivity index (χ1v) is 5.07. The van der Waals surface area contributed by atoms with Gasteiger partial charge >= 0.3 is 0 Å². The molecule has 0 aromatic heterocycles. The van der Waals surface area contributed by atoms with Crippen molar-refractivity contribution in [2.75, 3.05) is 13.1 Å². The summed E-state index contributed by atoms with van der Waals surface area (Å²) in [6, 6.07) is 4.25. The fraction of sp³-hybridized carbons (Fsp3) is 0.455. The number of nitrogens with two attached hydrogens (primary N) is 1. The number of benzene rings is 1. The van der Waals surface area contributed by atoms with Gasteiger partial charge in [0.15, 0.2) is 11.6 Å². The summed E-state index contributed by atoms with van der Waals surface area (Å²) in [5.74, 6) is -1.58. The molecule has 98 valence electrons. The minimum Gasteiger partial charge on any atom is -0.326 e. The second kappa shape index (κ2) is 7.11. The largest absolute Gasteiger partial charge is 0.326 e. The van der Waals surface area contributed by atoms with Crippen LogP contribution in [0.1, 0.15) is 12.0 Å². The summed E-state index contributed by atoms with van der Waals surface area (Å²) in [4.78, 5) is 2.15. The van der Waals surface area contributed by atoms with Crippen LogP contribution < -0.4 is 5.73 Å². The number of nitrogens with zero attached hydrogens (tertiary/aromatic N) is 1. The zero-order chi connectivity index (χ0) is 10.8. The fourth-order valence-corrected chi connectivity index (χ4v) is 1.90. The zero-order valence-corrected chi connectivity index (χ0v) is 10.9. The van der Waals surface area contributed by atoms with Crippen LogP contribution in [0.4, 0.5) is 8.78 Å². The van der Waals surface area contributed by atoms with Crippen LogP contribution in [0.3, 0.4) is 0 Å². The molecule has 0 bridgehead atoms. The van der Waals surface area contributed by atoms with Gasteiger partial charge in [0.05, 0.1) is 0 Å². The van der Waals surface area contributed by atoms with Gasteiger partial charge in [-0.3, -0.25) is 4.90 Å². The van der Waals surface area contributed by atoms with E-state index in [0.717, 1.165) is 25.1 Å². The Morgan fingerprint density at radius 1 is 1.24 bits per heavy atom. The highest BCUT2D eigenvalue weighted by atomic mass is 35.5. The van der Waals surface area contributed by atoms with E-state index in [1.165, 1.54) is 12.1 Å². The molecule has 6 heteroatoms. The molecular weight excluding hydrogens is 269 g/mol. The lowest BCUT2D eigenvalue weighted by Gasteiger charge is -2.14. The lowest BCUT2D eigenvalue weighted by Crippen LogP contribution is -2.26. The Hall–Kier alpha value is -0.420. The molecule has 0 saturated carbocycles. The van der Waals surface area contributed by atoms with Crippen molar-refractivity contribution in [3.63, 3.8) is 0 Å². The van der Waals surface area contributed by atoms with E-state index in [4.69, 9.17) is 5.73 Å². The van der Waals surface area contributed by atoms with E-state index in [9.17, 15) is 8.78 Å². The molecule has 1 aromatic rings. The van der Waals surface area contributed by atoms with Gasteiger partial charge in [-0.05, 0) is 24.1 Å². The average molecular weight is 285 g/mol. The first kappa shape index (κ1) is 16.6. The van der Waals surface area contributed by atoms with Crippen LogP contribution in [0.25, 0.3) is 0 Å². The van der Waals surface area contributed by atoms with Crippen LogP contribution in [-0.4, -0.2) is 24.0 Å². The van der Waals surface area contributed by atoms with E-state index in [-0.39, 0.29) is 30.9 Å². The van der Waals surface area contributed by atoms with E-state index in [2.05, 4.69) is 4.90 Å². The van der Waals surface area contributed by atoms with Crippen LogP contribution in [-0.2, 0) is 6.54 Å². The highest BCUT2D eigenvalue weighted by molar-refractivity contribution is 5.85. The van der Waals surface area contributed by atoms with E-state index in [1.807, 2.05) is 0 Å². The minimum atomic E-state index is -0.795. The third kappa shape index (κ3) is 4.39. The second-order valence-corrected chi connectivity index (χ2v) is 4.03. The molecule has 1 aromatic carbocycles. The SMILES string of the molecule is Cl.Cl.N[C@@H]1CCN(Cc2ccc(F)c(F)c2)C1. The Morgan fingerprint density at radius 2 is 1.94 bits per heavy atom. The second-order valence-electron chi connectivity index (χ2n) is 4.03. The highest BCUT2D eigenvalue weighted by Gasteiger charge is 2.19. The van der Waals surface area contributed by atoms with Crippen molar-refractivity contribution < 1.29 is 8.78 Å². The van der Waals surface area contributed by atoms with Crippen LogP contribution in [0, 0.1) is 11.6 Å². The molecule has 2 nitrogen and oxygen atoms in total. The van der Waals surface area contributed by atoms with Crippen molar-refractivity contribution >= 4 is 24.8 Å². The summed E-state index contributed by atoms with van der Waals surface area (Å²) >= 11 is 0. The van der Waals surface area contributed by atoms with E-state index in [0.29, 0.717) is 6.54 Å². The summed E-state index contributed by atoms with van der Waals surface area (Å²) in [6.07, 6.45) is 0.976. The molecule has 0 aliphatic carbocycles. The maximum absolute atomic E-state index is 12.9. The molecule has 0 spiro atoms. The third-order valence-electron chi connectivity index (χ3n) is 2.70. The van der Waals surface area contributed by atoms with Crippen molar-refractivity contribution in [1.82, 2.24) is 4.90 Å². The minimum absolute atomic E-state index is 0. The van der Waals surface area contributed by atoms with Gasteiger partial charge in [0.1, 0.15) is 0 Å². The molecular formula is C11H16Cl2F2N2. The molecule has 17 heavy (non-hydrogen) atoms. The van der Waals surface area contributed by atoms with E-state index < -0.39 is 11.6 Å². The monoisotopic (exact) mass is 284 g/mol. The topological polar surface area (TPSA) is 29.3 Å². The molecule has 1 saturated heterocycles. The Kier molecular flexibility index (Phi) is 6.94. The number of likely N-dealkylation sites (tertiary alicyclic amines) is 1. The number of hydrogen-bond acceptors (Lipinski definition) is 2. The molecule has 2 N–H and O–H groups in total. The average Bonchev–Trinajstić information content (AvgIpc) is 2.58. The molecule has 1 fully saturated rings. The Morgan fingerprint density at radius 3 is 2.47 bits per heavy atom. The number of rotatable bonds is 2. The van der Waals surface area contributed by atoms with Crippen LogP contribution >= 0.6 is 24.8 Å². The Labute approximate surface area is 112 Å². The van der Waals surface area contributed by atoms with E-state index in [1.54, 1.807) is 6.07 Å². The third-order valence-corrected chi connectivity index (χ3v) is 2.70.